The van der Waals surface area contributed by atoms with Crippen molar-refractivity contribution in [3.05, 3.63) is 46.5 Å². The van der Waals surface area contributed by atoms with Crippen LogP contribution in [0, 0.1) is 0 Å². The van der Waals surface area contributed by atoms with Gasteiger partial charge in [0.25, 0.3) is 0 Å². The van der Waals surface area contributed by atoms with Gasteiger partial charge in [0.2, 0.25) is 0 Å². The molecule has 0 aliphatic carbocycles. The van der Waals surface area contributed by atoms with Crippen LogP contribution in [0.15, 0.2) is 35.9 Å². The Bertz CT molecular complexity index is 929. The molecule has 1 aromatic rings. The van der Waals surface area contributed by atoms with Crippen LogP contribution >= 0.6 is 23.4 Å². The third-order valence-electron chi connectivity index (χ3n) is 4.96. The summed E-state index contributed by atoms with van der Waals surface area (Å²) in [7, 11) is 1.33. The number of hydrogen-bond donors (Lipinski definition) is 0. The number of likely N-dealkylation sites (tertiary alicyclic amines) is 1. The van der Waals surface area contributed by atoms with E-state index in [0.29, 0.717) is 30.1 Å². The number of ether oxygens (including phenoxy) is 4. The van der Waals surface area contributed by atoms with Crippen LogP contribution in [-0.4, -0.2) is 66.1 Å². The number of piperidine rings is 1. The van der Waals surface area contributed by atoms with E-state index < -0.39 is 29.7 Å². The molecular weight excluding hydrogens is 494 g/mol. The molecule has 0 spiro atoms. The van der Waals surface area contributed by atoms with Gasteiger partial charge in [-0.05, 0) is 58.2 Å². The van der Waals surface area contributed by atoms with E-state index in [9.17, 15) is 14.4 Å². The smallest absolute Gasteiger partial charge is 0.468 e. The third kappa shape index (κ3) is 9.39. The van der Waals surface area contributed by atoms with Gasteiger partial charge in [0.05, 0.1) is 13.2 Å². The predicted octanol–water partition coefficient (Wildman–Crippen LogP) is 5.15. The third-order valence-corrected chi connectivity index (χ3v) is 6.49. The standard InChI is InChI=1S/C25H34ClNO7S/c1-16(2)33-24(30)32-15-35-20-11-12-27(14-17(20)13-21(28)34-25(3,4)5)22(23(29)31-6)18-9-7-8-10-19(18)26/h7-10,13,16,20,22H,11-12,14-15H2,1-6H3/b17-13-/t20?,22-/m0/s1. The van der Waals surface area contributed by atoms with Crippen LogP contribution in [-0.2, 0) is 28.5 Å². The summed E-state index contributed by atoms with van der Waals surface area (Å²) in [4.78, 5) is 39.1. The Balaban J connectivity index is 2.26. The molecule has 2 rings (SSSR count). The molecule has 1 fully saturated rings. The minimum absolute atomic E-state index is 0.0623. The maximum atomic E-state index is 12.8. The Morgan fingerprint density at radius 3 is 2.51 bits per heavy atom. The highest BCUT2D eigenvalue weighted by molar-refractivity contribution is 7.99. The topological polar surface area (TPSA) is 91.4 Å². The highest BCUT2D eigenvalue weighted by Crippen LogP contribution is 2.35. The van der Waals surface area contributed by atoms with Crippen molar-refractivity contribution in [1.29, 1.82) is 0 Å². The molecule has 1 heterocycles. The first-order valence-electron chi connectivity index (χ1n) is 11.4. The SMILES string of the molecule is COC(=O)[C@H](c1ccccc1Cl)N1CCC(SCOC(=O)OC(C)C)/C(=C\C(=O)OC(C)(C)C)C1. The molecule has 8 nitrogen and oxygen atoms in total. The molecule has 10 heteroatoms. The quantitative estimate of drug-likeness (QED) is 0.197. The zero-order valence-electron chi connectivity index (χ0n) is 21.0. The van der Waals surface area contributed by atoms with Crippen LogP contribution < -0.4 is 0 Å². The van der Waals surface area contributed by atoms with Crippen molar-refractivity contribution in [3.63, 3.8) is 0 Å². The summed E-state index contributed by atoms with van der Waals surface area (Å²) in [5.41, 5.74) is 0.724. The summed E-state index contributed by atoms with van der Waals surface area (Å²) in [6.07, 6.45) is 1.04. The molecule has 0 radical (unpaired) electrons. The average Bonchev–Trinajstić information content (AvgIpc) is 2.74. The second kappa shape index (κ2) is 13.2. The van der Waals surface area contributed by atoms with Crippen molar-refractivity contribution >= 4 is 41.5 Å². The fourth-order valence-corrected chi connectivity index (χ4v) is 4.78. The van der Waals surface area contributed by atoms with Crippen molar-refractivity contribution in [2.45, 2.75) is 64.0 Å². The highest BCUT2D eigenvalue weighted by atomic mass is 35.5. The molecule has 1 aliphatic heterocycles. The summed E-state index contributed by atoms with van der Waals surface area (Å²) in [6.45, 7) is 9.69. The summed E-state index contributed by atoms with van der Waals surface area (Å²) in [6, 6.07) is 6.38. The first-order valence-corrected chi connectivity index (χ1v) is 12.8. The van der Waals surface area contributed by atoms with E-state index in [4.69, 9.17) is 30.5 Å². The Morgan fingerprint density at radius 1 is 1.23 bits per heavy atom. The van der Waals surface area contributed by atoms with Gasteiger partial charge < -0.3 is 18.9 Å². The van der Waals surface area contributed by atoms with Gasteiger partial charge in [0, 0.05) is 29.4 Å². The maximum Gasteiger partial charge on any atom is 0.509 e. The van der Waals surface area contributed by atoms with E-state index in [1.165, 1.54) is 24.9 Å². The number of esters is 2. The second-order valence-electron chi connectivity index (χ2n) is 9.29. The van der Waals surface area contributed by atoms with Crippen LogP contribution in [0.25, 0.3) is 0 Å². The fraction of sp³-hybridized carbons (Fsp3) is 0.560. The van der Waals surface area contributed by atoms with Crippen molar-refractivity contribution in [2.24, 2.45) is 0 Å². The lowest BCUT2D eigenvalue weighted by atomic mass is 9.98. The minimum Gasteiger partial charge on any atom is -0.468 e. The van der Waals surface area contributed by atoms with Gasteiger partial charge in [0.1, 0.15) is 17.6 Å². The first kappa shape index (κ1) is 29.0. The molecule has 1 aromatic carbocycles. The molecule has 0 aromatic heterocycles. The predicted molar refractivity (Wildman–Crippen MR) is 135 cm³/mol. The molecular formula is C25H34ClNO7S. The number of hydrogen-bond acceptors (Lipinski definition) is 9. The van der Waals surface area contributed by atoms with Crippen molar-refractivity contribution in [2.75, 3.05) is 26.1 Å². The molecule has 0 bridgehead atoms. The van der Waals surface area contributed by atoms with Crippen LogP contribution in [0.4, 0.5) is 4.79 Å². The monoisotopic (exact) mass is 527 g/mol. The lowest BCUT2D eigenvalue weighted by Gasteiger charge is -2.38. The zero-order chi connectivity index (χ0) is 26.2. The Morgan fingerprint density at radius 2 is 1.91 bits per heavy atom. The summed E-state index contributed by atoms with van der Waals surface area (Å²) in [5, 5.41) is 0.323. The molecule has 0 saturated carbocycles. The van der Waals surface area contributed by atoms with E-state index in [1.54, 1.807) is 52.8 Å². The normalized spacial score (nSPS) is 18.7. The maximum absolute atomic E-state index is 12.8. The van der Waals surface area contributed by atoms with Crippen LogP contribution in [0.2, 0.25) is 5.02 Å². The van der Waals surface area contributed by atoms with Gasteiger partial charge in [-0.3, -0.25) is 4.90 Å². The highest BCUT2D eigenvalue weighted by Gasteiger charge is 2.36. The average molecular weight is 528 g/mol. The van der Waals surface area contributed by atoms with Crippen LogP contribution in [0.3, 0.4) is 0 Å². The van der Waals surface area contributed by atoms with E-state index >= 15 is 0 Å². The molecule has 1 aliphatic rings. The van der Waals surface area contributed by atoms with Gasteiger partial charge in [-0.25, -0.2) is 14.4 Å². The van der Waals surface area contributed by atoms with Gasteiger partial charge in [-0.2, -0.15) is 0 Å². The number of nitrogens with zero attached hydrogens (tertiary/aromatic N) is 1. The summed E-state index contributed by atoms with van der Waals surface area (Å²) < 4.78 is 20.7. The summed E-state index contributed by atoms with van der Waals surface area (Å²) >= 11 is 7.79. The van der Waals surface area contributed by atoms with E-state index in [1.807, 2.05) is 11.0 Å². The minimum atomic E-state index is -0.743. The molecule has 35 heavy (non-hydrogen) atoms. The van der Waals surface area contributed by atoms with Crippen LogP contribution in [0.5, 0.6) is 0 Å². The number of rotatable bonds is 8. The molecule has 1 saturated heterocycles. The van der Waals surface area contributed by atoms with E-state index in [2.05, 4.69) is 0 Å². The van der Waals surface area contributed by atoms with Crippen molar-refractivity contribution < 1.29 is 33.3 Å². The Hall–Kier alpha value is -2.23. The molecule has 1 unspecified atom stereocenters. The molecule has 194 valence electrons. The number of carbonyl (C=O) groups excluding carboxylic acids is 3. The number of halogens is 1. The van der Waals surface area contributed by atoms with Gasteiger partial charge in [-0.1, -0.05) is 29.8 Å². The van der Waals surface area contributed by atoms with E-state index in [-0.39, 0.29) is 17.3 Å². The largest absolute Gasteiger partial charge is 0.509 e. The lowest BCUT2D eigenvalue weighted by Crippen LogP contribution is -2.43. The number of carbonyl (C=O) groups is 3. The summed E-state index contributed by atoms with van der Waals surface area (Å²) in [5.74, 6) is -0.861. The zero-order valence-corrected chi connectivity index (χ0v) is 22.6. The van der Waals surface area contributed by atoms with Crippen LogP contribution in [0.1, 0.15) is 52.6 Å². The first-order chi connectivity index (χ1) is 16.4. The lowest BCUT2D eigenvalue weighted by molar-refractivity contribution is -0.148. The van der Waals surface area contributed by atoms with Gasteiger partial charge >= 0.3 is 18.1 Å². The molecule has 2 atom stereocenters. The number of thioether (sulfide) groups is 1. The Labute approximate surface area is 216 Å². The van der Waals surface area contributed by atoms with E-state index in [0.717, 1.165) is 5.57 Å². The van der Waals surface area contributed by atoms with Gasteiger partial charge in [-0.15, -0.1) is 11.8 Å². The van der Waals surface area contributed by atoms with Crippen molar-refractivity contribution in [3.8, 4) is 0 Å². The molecule has 0 amide bonds. The molecule has 0 N–H and O–H groups in total. The Kier molecular flexibility index (Phi) is 10.9. The number of benzene rings is 1. The number of methoxy groups -OCH3 is 1. The fourth-order valence-electron chi connectivity index (χ4n) is 3.59. The van der Waals surface area contributed by atoms with Crippen molar-refractivity contribution in [1.82, 2.24) is 4.90 Å². The van der Waals surface area contributed by atoms with Gasteiger partial charge in [0.15, 0.2) is 0 Å². The second-order valence-corrected chi connectivity index (χ2v) is 10.8.